The molecule has 2 rings (SSSR count). The maximum Gasteiger partial charge on any atom is 0.193 e. The van der Waals surface area contributed by atoms with Gasteiger partial charge >= 0.3 is 0 Å². The first-order valence-corrected chi connectivity index (χ1v) is 6.82. The average molecular weight is 419 g/mol. The minimum Gasteiger partial charge on any atom is -0.496 e. The van der Waals surface area contributed by atoms with Crippen LogP contribution in [-0.2, 0) is 4.74 Å². The summed E-state index contributed by atoms with van der Waals surface area (Å²) in [5, 5.41) is 3.03. The fourth-order valence-corrected chi connectivity index (χ4v) is 2.02. The summed E-state index contributed by atoms with van der Waals surface area (Å²) in [4.78, 5) is 4.29. The fraction of sp³-hybridized carbons (Fsp3) is 0.400. The Morgan fingerprint density at radius 1 is 1.36 bits per heavy atom. The molecule has 1 unspecified atom stereocenters. The molecule has 1 aliphatic rings. The Balaban J connectivity index is 0.00000242. The third-order valence-electron chi connectivity index (χ3n) is 3.14. The zero-order valence-electron chi connectivity index (χ0n) is 12.7. The summed E-state index contributed by atoms with van der Waals surface area (Å²) in [7, 11) is 3.19. The van der Waals surface area contributed by atoms with Crippen LogP contribution < -0.4 is 20.5 Å². The molecule has 122 valence electrons. The number of hydrogen-bond acceptors (Lipinski definition) is 4. The van der Waals surface area contributed by atoms with Crippen LogP contribution in [0.5, 0.6) is 11.5 Å². The summed E-state index contributed by atoms with van der Waals surface area (Å²) >= 11 is 0. The minimum absolute atomic E-state index is 0. The lowest BCUT2D eigenvalue weighted by Gasteiger charge is -2.17. The lowest BCUT2D eigenvalue weighted by atomic mass is 10.2. The Labute approximate surface area is 147 Å². The number of anilines is 1. The number of nitrogens with zero attached hydrogens (tertiary/aromatic N) is 1. The molecule has 0 radical (unpaired) electrons. The summed E-state index contributed by atoms with van der Waals surface area (Å²) in [5.41, 5.74) is 6.67. The molecule has 0 saturated carbocycles. The van der Waals surface area contributed by atoms with Crippen molar-refractivity contribution < 1.29 is 14.2 Å². The molecular weight excluding hydrogens is 397 g/mol. The number of nitrogens with two attached hydrogens (primary N) is 1. The second-order valence-electron chi connectivity index (χ2n) is 4.63. The monoisotopic (exact) mass is 419 g/mol. The molecule has 0 amide bonds. The number of hydrogen-bond donors (Lipinski definition) is 2. The molecule has 22 heavy (non-hydrogen) atoms. The van der Waals surface area contributed by atoms with Gasteiger partial charge in [-0.2, -0.15) is 0 Å². The molecule has 0 aromatic heterocycles. The quantitative estimate of drug-likeness (QED) is 0.436. The van der Waals surface area contributed by atoms with Gasteiger partial charge in [0.15, 0.2) is 17.5 Å². The second kappa shape index (κ2) is 9.39. The highest BCUT2D eigenvalue weighted by molar-refractivity contribution is 14.0. The largest absolute Gasteiger partial charge is 0.496 e. The van der Waals surface area contributed by atoms with Gasteiger partial charge in [-0.05, 0) is 31.1 Å². The molecule has 1 heterocycles. The maximum atomic E-state index is 5.88. The molecule has 1 atom stereocenters. The van der Waals surface area contributed by atoms with Gasteiger partial charge in [0.05, 0.1) is 27.0 Å². The minimum atomic E-state index is 0. The molecule has 3 N–H and O–H groups in total. The number of nitrogens with one attached hydrogen (secondary N) is 1. The normalized spacial score (nSPS) is 17.2. The number of halogens is 1. The van der Waals surface area contributed by atoms with E-state index in [-0.39, 0.29) is 30.1 Å². The Morgan fingerprint density at radius 3 is 2.77 bits per heavy atom. The van der Waals surface area contributed by atoms with Crippen molar-refractivity contribution >= 4 is 35.6 Å². The van der Waals surface area contributed by atoms with Crippen LogP contribution in [0.1, 0.15) is 12.8 Å². The van der Waals surface area contributed by atoms with E-state index < -0.39 is 0 Å². The van der Waals surface area contributed by atoms with Gasteiger partial charge in [-0.3, -0.25) is 0 Å². The fourth-order valence-electron chi connectivity index (χ4n) is 2.02. The number of ether oxygens (including phenoxy) is 3. The van der Waals surface area contributed by atoms with Crippen LogP contribution in [0, 0.1) is 0 Å². The van der Waals surface area contributed by atoms with Crippen molar-refractivity contribution in [3.63, 3.8) is 0 Å². The Morgan fingerprint density at radius 2 is 2.14 bits per heavy atom. The highest BCUT2D eigenvalue weighted by Gasteiger charge is 2.10. The van der Waals surface area contributed by atoms with Crippen molar-refractivity contribution in [2.75, 3.05) is 26.1 Å². The van der Waals surface area contributed by atoms with Crippen LogP contribution in [-0.4, -0.2) is 32.8 Å². The standard InChI is InChI=1S/C15H21N3O3.HI/c1-19-13-7-6-11(9-14(13)20-2)18-15(16)17-10-12-5-3-4-8-21-12;/h4,6-9,12H,3,5,10H2,1-2H3,(H3,16,17,18);1H. The molecule has 0 spiro atoms. The molecule has 0 bridgehead atoms. The number of allylic oxidation sites excluding steroid dienone is 1. The summed E-state index contributed by atoms with van der Waals surface area (Å²) in [6, 6.07) is 5.47. The van der Waals surface area contributed by atoms with E-state index in [9.17, 15) is 0 Å². The van der Waals surface area contributed by atoms with E-state index in [4.69, 9.17) is 19.9 Å². The van der Waals surface area contributed by atoms with Crippen LogP contribution in [0.15, 0.2) is 35.5 Å². The number of benzene rings is 1. The average Bonchev–Trinajstić information content (AvgIpc) is 2.53. The zero-order valence-corrected chi connectivity index (χ0v) is 15.1. The summed E-state index contributed by atoms with van der Waals surface area (Å²) in [6.45, 7) is 0.538. The lowest BCUT2D eigenvalue weighted by molar-refractivity contribution is 0.131. The van der Waals surface area contributed by atoms with Crippen LogP contribution >= 0.6 is 24.0 Å². The van der Waals surface area contributed by atoms with Crippen LogP contribution in [0.4, 0.5) is 5.69 Å². The summed E-state index contributed by atoms with van der Waals surface area (Å²) in [6.07, 6.45) is 5.81. The predicted molar refractivity (Wildman–Crippen MR) is 98.3 cm³/mol. The smallest absolute Gasteiger partial charge is 0.193 e. The van der Waals surface area contributed by atoms with E-state index in [1.807, 2.05) is 18.2 Å². The SMILES string of the molecule is COc1ccc(NC(N)=NCC2CCC=CO2)cc1OC.I. The first-order chi connectivity index (χ1) is 10.2. The van der Waals surface area contributed by atoms with E-state index in [1.165, 1.54) is 0 Å². The highest BCUT2D eigenvalue weighted by Crippen LogP contribution is 2.29. The molecule has 1 aromatic carbocycles. The van der Waals surface area contributed by atoms with Crippen molar-refractivity contribution in [2.45, 2.75) is 18.9 Å². The van der Waals surface area contributed by atoms with Gasteiger partial charge in [0.2, 0.25) is 0 Å². The van der Waals surface area contributed by atoms with Gasteiger partial charge in [-0.1, -0.05) is 0 Å². The van der Waals surface area contributed by atoms with Crippen molar-refractivity contribution in [3.8, 4) is 11.5 Å². The van der Waals surface area contributed by atoms with Gasteiger partial charge < -0.3 is 25.3 Å². The maximum absolute atomic E-state index is 5.88. The first kappa shape index (κ1) is 18.4. The van der Waals surface area contributed by atoms with Crippen molar-refractivity contribution in [2.24, 2.45) is 10.7 Å². The molecular formula is C15H22IN3O3. The van der Waals surface area contributed by atoms with E-state index in [1.54, 1.807) is 26.5 Å². The molecule has 1 aromatic rings. The first-order valence-electron chi connectivity index (χ1n) is 6.82. The number of rotatable bonds is 5. The zero-order chi connectivity index (χ0) is 15.1. The second-order valence-corrected chi connectivity index (χ2v) is 4.63. The third kappa shape index (κ3) is 5.28. The van der Waals surface area contributed by atoms with Gasteiger partial charge in [0.25, 0.3) is 0 Å². The highest BCUT2D eigenvalue weighted by atomic mass is 127. The Hall–Kier alpha value is -1.64. The van der Waals surface area contributed by atoms with Crippen LogP contribution in [0.2, 0.25) is 0 Å². The number of guanidine groups is 1. The number of methoxy groups -OCH3 is 2. The molecule has 7 heteroatoms. The van der Waals surface area contributed by atoms with E-state index in [0.29, 0.717) is 24.0 Å². The van der Waals surface area contributed by atoms with Gasteiger partial charge in [-0.25, -0.2) is 4.99 Å². The van der Waals surface area contributed by atoms with Gasteiger partial charge in [0, 0.05) is 11.8 Å². The van der Waals surface area contributed by atoms with E-state index in [2.05, 4.69) is 10.3 Å². The summed E-state index contributed by atoms with van der Waals surface area (Å²) < 4.78 is 15.9. The molecule has 0 saturated heterocycles. The van der Waals surface area contributed by atoms with Crippen molar-refractivity contribution in [1.29, 1.82) is 0 Å². The molecule has 1 aliphatic heterocycles. The van der Waals surface area contributed by atoms with Crippen LogP contribution in [0.3, 0.4) is 0 Å². The van der Waals surface area contributed by atoms with Crippen molar-refractivity contribution in [3.05, 3.63) is 30.5 Å². The van der Waals surface area contributed by atoms with E-state index >= 15 is 0 Å². The Kier molecular flexibility index (Phi) is 7.86. The topological polar surface area (TPSA) is 78.1 Å². The van der Waals surface area contributed by atoms with Gasteiger partial charge in [-0.15, -0.1) is 24.0 Å². The third-order valence-corrected chi connectivity index (χ3v) is 3.14. The molecule has 6 nitrogen and oxygen atoms in total. The molecule has 0 fully saturated rings. The van der Waals surface area contributed by atoms with Crippen molar-refractivity contribution in [1.82, 2.24) is 0 Å². The lowest BCUT2D eigenvalue weighted by Crippen LogP contribution is -2.25. The van der Waals surface area contributed by atoms with Crippen LogP contribution in [0.25, 0.3) is 0 Å². The predicted octanol–water partition coefficient (Wildman–Crippen LogP) is 2.74. The summed E-state index contributed by atoms with van der Waals surface area (Å²) in [5.74, 6) is 1.65. The number of aliphatic imine (C=N–C) groups is 1. The van der Waals surface area contributed by atoms with E-state index in [0.717, 1.165) is 18.5 Å². The molecule has 0 aliphatic carbocycles. The Bertz CT molecular complexity index is 535. The van der Waals surface area contributed by atoms with Gasteiger partial charge in [0.1, 0.15) is 6.10 Å².